The summed E-state index contributed by atoms with van der Waals surface area (Å²) in [7, 11) is -3.63. The Morgan fingerprint density at radius 3 is 2.77 bits per heavy atom. The van der Waals surface area contributed by atoms with E-state index >= 15 is 0 Å². The molecule has 0 saturated heterocycles. The van der Waals surface area contributed by atoms with Crippen LogP contribution in [0.5, 0.6) is 0 Å². The molecule has 2 N–H and O–H groups in total. The van der Waals surface area contributed by atoms with Gasteiger partial charge in [0.15, 0.2) is 0 Å². The second kappa shape index (κ2) is 5.49. The van der Waals surface area contributed by atoms with Crippen molar-refractivity contribution in [1.82, 2.24) is 4.72 Å². The van der Waals surface area contributed by atoms with Crippen molar-refractivity contribution in [3.05, 3.63) is 46.2 Å². The molecule has 1 aromatic heterocycles. The molecule has 0 bridgehead atoms. The second-order valence-corrected chi connectivity index (χ2v) is 8.01. The molecule has 0 aliphatic carbocycles. The fraction of sp³-hybridized carbons (Fsp3) is 0.267. The lowest BCUT2D eigenvalue weighted by Crippen LogP contribution is -2.26. The van der Waals surface area contributed by atoms with Gasteiger partial charge in [-0.15, -0.1) is 11.3 Å². The van der Waals surface area contributed by atoms with Crippen LogP contribution in [0, 0.1) is 0 Å². The summed E-state index contributed by atoms with van der Waals surface area (Å²) >= 11 is 1.51. The Labute approximate surface area is 133 Å². The summed E-state index contributed by atoms with van der Waals surface area (Å²) in [5.41, 5.74) is 1.40. The first-order valence-corrected chi connectivity index (χ1v) is 9.25. The molecule has 0 radical (unpaired) electrons. The topological polar surface area (TPSA) is 75.3 Å². The van der Waals surface area contributed by atoms with Crippen LogP contribution in [0.1, 0.15) is 36.2 Å². The third-order valence-corrected chi connectivity index (χ3v) is 6.35. The third kappa shape index (κ3) is 2.67. The minimum absolute atomic E-state index is 0.107. The van der Waals surface area contributed by atoms with E-state index in [9.17, 15) is 13.2 Å². The summed E-state index contributed by atoms with van der Waals surface area (Å²) < 4.78 is 27.7. The van der Waals surface area contributed by atoms with Crippen molar-refractivity contribution >= 4 is 33.0 Å². The van der Waals surface area contributed by atoms with Gasteiger partial charge in [-0.3, -0.25) is 4.79 Å². The molecule has 116 valence electrons. The number of hydrogen-bond donors (Lipinski definition) is 2. The number of carbonyl (C=O) groups excluding carboxylic acids is 1. The molecule has 0 spiro atoms. The van der Waals surface area contributed by atoms with E-state index in [1.54, 1.807) is 19.1 Å². The maximum absolute atomic E-state index is 12.5. The van der Waals surface area contributed by atoms with E-state index in [1.165, 1.54) is 17.4 Å². The van der Waals surface area contributed by atoms with E-state index in [4.69, 9.17) is 0 Å². The van der Waals surface area contributed by atoms with Crippen LogP contribution in [-0.4, -0.2) is 14.3 Å². The van der Waals surface area contributed by atoms with Crippen molar-refractivity contribution < 1.29 is 13.2 Å². The van der Waals surface area contributed by atoms with Crippen molar-refractivity contribution in [3.63, 3.8) is 0 Å². The molecule has 5 nitrogen and oxygen atoms in total. The molecule has 1 aliphatic heterocycles. The van der Waals surface area contributed by atoms with Crippen LogP contribution in [0.25, 0.3) is 0 Å². The first-order valence-electron chi connectivity index (χ1n) is 6.89. The average molecular weight is 336 g/mol. The largest absolute Gasteiger partial charge is 0.325 e. The quantitative estimate of drug-likeness (QED) is 0.901. The normalized spacial score (nSPS) is 18.8. The number of nitrogens with one attached hydrogen (secondary N) is 2. The van der Waals surface area contributed by atoms with E-state index in [0.29, 0.717) is 5.69 Å². The van der Waals surface area contributed by atoms with Gasteiger partial charge in [0, 0.05) is 10.6 Å². The third-order valence-electron chi connectivity index (χ3n) is 3.75. The van der Waals surface area contributed by atoms with Crippen LogP contribution in [0.4, 0.5) is 5.69 Å². The van der Waals surface area contributed by atoms with Crippen LogP contribution in [0.15, 0.2) is 40.6 Å². The highest BCUT2D eigenvalue weighted by atomic mass is 32.2. The van der Waals surface area contributed by atoms with Gasteiger partial charge >= 0.3 is 0 Å². The van der Waals surface area contributed by atoms with Crippen molar-refractivity contribution in [2.75, 3.05) is 5.32 Å². The molecule has 0 fully saturated rings. The number of carbonyl (C=O) groups is 1. The van der Waals surface area contributed by atoms with Crippen LogP contribution >= 0.6 is 11.3 Å². The summed E-state index contributed by atoms with van der Waals surface area (Å²) in [4.78, 5) is 12.8. The fourth-order valence-electron chi connectivity index (χ4n) is 2.46. The molecular weight excluding hydrogens is 320 g/mol. The van der Waals surface area contributed by atoms with Gasteiger partial charge in [0.1, 0.15) is 0 Å². The Morgan fingerprint density at radius 2 is 2.09 bits per heavy atom. The van der Waals surface area contributed by atoms with Crippen LogP contribution < -0.4 is 10.0 Å². The molecule has 3 rings (SSSR count). The van der Waals surface area contributed by atoms with Crippen molar-refractivity contribution in [3.8, 4) is 0 Å². The minimum Gasteiger partial charge on any atom is -0.325 e. The van der Waals surface area contributed by atoms with Crippen LogP contribution in [0.2, 0.25) is 0 Å². The zero-order chi connectivity index (χ0) is 15.9. The highest BCUT2D eigenvalue weighted by molar-refractivity contribution is 7.89. The molecule has 2 aromatic rings. The fourth-order valence-corrected chi connectivity index (χ4v) is 4.53. The van der Waals surface area contributed by atoms with Gasteiger partial charge in [0.05, 0.1) is 16.9 Å². The van der Waals surface area contributed by atoms with Gasteiger partial charge in [0.25, 0.3) is 0 Å². The Hall–Kier alpha value is -1.70. The number of anilines is 1. The first kappa shape index (κ1) is 15.2. The van der Waals surface area contributed by atoms with Crippen LogP contribution in [0.3, 0.4) is 0 Å². The van der Waals surface area contributed by atoms with Gasteiger partial charge in [-0.2, -0.15) is 0 Å². The van der Waals surface area contributed by atoms with Gasteiger partial charge in [-0.25, -0.2) is 13.1 Å². The molecule has 0 unspecified atom stereocenters. The molecule has 1 amide bonds. The highest BCUT2D eigenvalue weighted by Crippen LogP contribution is 2.34. The maximum Gasteiger partial charge on any atom is 0.241 e. The predicted octanol–water partition coefficient (Wildman–Crippen LogP) is 2.84. The zero-order valence-electron chi connectivity index (χ0n) is 12.2. The number of hydrogen-bond acceptors (Lipinski definition) is 4. The summed E-state index contributed by atoms with van der Waals surface area (Å²) in [5, 5.41) is 4.65. The van der Waals surface area contributed by atoms with Gasteiger partial charge < -0.3 is 5.32 Å². The second-order valence-electron chi connectivity index (χ2n) is 5.32. The standard InChI is InChI=1S/C15H16N2O3S2/c1-9-12-8-11(5-6-13(12)16-15(9)18)22(19,20)17-10(2)14-4-3-7-21-14/h3-10,17H,1-2H3,(H,16,18)/t9-,10+/m0/s1. The number of fused-ring (bicyclic) bond motifs is 1. The van der Waals surface area contributed by atoms with E-state index in [-0.39, 0.29) is 22.8 Å². The van der Waals surface area contributed by atoms with E-state index < -0.39 is 10.0 Å². The monoisotopic (exact) mass is 336 g/mol. The SMILES string of the molecule is C[C@@H]1C(=O)Nc2ccc(S(=O)(=O)N[C@H](C)c3cccs3)cc21. The number of sulfonamides is 1. The van der Waals surface area contributed by atoms with Crippen molar-refractivity contribution in [2.45, 2.75) is 30.7 Å². The molecule has 0 saturated carbocycles. The molecule has 1 aliphatic rings. The van der Waals surface area contributed by atoms with Gasteiger partial charge in [-0.05, 0) is 49.1 Å². The highest BCUT2D eigenvalue weighted by Gasteiger charge is 2.28. The number of amides is 1. The number of rotatable bonds is 4. The van der Waals surface area contributed by atoms with E-state index in [0.717, 1.165) is 10.4 Å². The molecule has 2 atom stereocenters. The van der Waals surface area contributed by atoms with E-state index in [2.05, 4.69) is 10.0 Å². The van der Waals surface area contributed by atoms with Crippen molar-refractivity contribution in [2.24, 2.45) is 0 Å². The summed E-state index contributed by atoms with van der Waals surface area (Å²) in [6.07, 6.45) is 0. The summed E-state index contributed by atoms with van der Waals surface area (Å²) in [6.45, 7) is 3.57. The average Bonchev–Trinajstić information content (AvgIpc) is 3.08. The predicted molar refractivity (Wildman–Crippen MR) is 86.5 cm³/mol. The van der Waals surface area contributed by atoms with Gasteiger partial charge in [0.2, 0.25) is 15.9 Å². The lowest BCUT2D eigenvalue weighted by molar-refractivity contribution is -0.116. The maximum atomic E-state index is 12.5. The Bertz CT molecular complexity index is 813. The zero-order valence-corrected chi connectivity index (χ0v) is 13.8. The molecule has 22 heavy (non-hydrogen) atoms. The number of benzene rings is 1. The lowest BCUT2D eigenvalue weighted by atomic mass is 10.0. The Balaban J connectivity index is 1.89. The molecule has 1 aromatic carbocycles. The Kier molecular flexibility index (Phi) is 3.80. The first-order chi connectivity index (χ1) is 10.4. The lowest BCUT2D eigenvalue weighted by Gasteiger charge is -2.13. The smallest absolute Gasteiger partial charge is 0.241 e. The molecule has 2 heterocycles. The van der Waals surface area contributed by atoms with Crippen LogP contribution in [-0.2, 0) is 14.8 Å². The van der Waals surface area contributed by atoms with Crippen molar-refractivity contribution in [1.29, 1.82) is 0 Å². The summed E-state index contributed by atoms with van der Waals surface area (Å²) in [5.74, 6) is -0.440. The number of thiophene rings is 1. The van der Waals surface area contributed by atoms with Gasteiger partial charge in [-0.1, -0.05) is 6.07 Å². The minimum atomic E-state index is -3.63. The van der Waals surface area contributed by atoms with E-state index in [1.807, 2.05) is 24.4 Å². The molecule has 7 heteroatoms. The Morgan fingerprint density at radius 1 is 1.32 bits per heavy atom. The summed E-state index contributed by atoms with van der Waals surface area (Å²) in [6, 6.07) is 8.21. The molecular formula is C15H16N2O3S2.